The number of carbonyl (C=O) groups excluding carboxylic acids is 1. The summed E-state index contributed by atoms with van der Waals surface area (Å²) in [5, 5.41) is 7.40. The number of nitrogens with zero attached hydrogens (tertiary/aromatic N) is 1. The highest BCUT2D eigenvalue weighted by atomic mass is 35.5. The molecule has 0 atom stereocenters. The minimum Gasteiger partial charge on any atom is -0.347 e. The Morgan fingerprint density at radius 2 is 2.04 bits per heavy atom. The molecule has 2 N–H and O–H groups in total. The Hall–Kier alpha value is -1.14. The van der Waals surface area contributed by atoms with E-state index in [1.54, 1.807) is 0 Å². The highest BCUT2D eigenvalue weighted by Crippen LogP contribution is 2.20. The van der Waals surface area contributed by atoms with Crippen LogP contribution in [0.15, 0.2) is 18.2 Å². The summed E-state index contributed by atoms with van der Waals surface area (Å²) in [4.78, 5) is 17.6. The fourth-order valence-electron chi connectivity index (χ4n) is 2.70. The van der Waals surface area contributed by atoms with E-state index in [4.69, 9.17) is 0 Å². The summed E-state index contributed by atoms with van der Waals surface area (Å²) in [7, 11) is 0. The molecule has 1 amide bonds. The number of rotatable bonds is 5. The van der Waals surface area contributed by atoms with Gasteiger partial charge in [0.2, 0.25) is 0 Å². The van der Waals surface area contributed by atoms with E-state index in [9.17, 15) is 4.79 Å². The Morgan fingerprint density at radius 3 is 2.79 bits per heavy atom. The standard InChI is InChI=1S/C17H21N3OS.2ClH/c1-3-4-15-20-11(2)16(22-15)17(21)19-8-12-5-6-13-9-18-10-14(13)7-12;;/h5-7,18H,3-4,8-10H2,1-2H3,(H,19,21);2*1H. The predicted molar refractivity (Wildman–Crippen MR) is 103 cm³/mol. The summed E-state index contributed by atoms with van der Waals surface area (Å²) in [6.45, 7) is 6.46. The Morgan fingerprint density at radius 1 is 1.29 bits per heavy atom. The molecule has 2 heterocycles. The van der Waals surface area contributed by atoms with Crippen molar-refractivity contribution in [2.75, 3.05) is 0 Å². The first-order valence-electron chi connectivity index (χ1n) is 7.73. The maximum Gasteiger partial charge on any atom is 0.263 e. The van der Waals surface area contributed by atoms with Gasteiger partial charge in [-0.25, -0.2) is 4.98 Å². The van der Waals surface area contributed by atoms with Gasteiger partial charge < -0.3 is 10.6 Å². The Labute approximate surface area is 159 Å². The van der Waals surface area contributed by atoms with E-state index in [0.29, 0.717) is 6.54 Å². The second-order valence-corrected chi connectivity index (χ2v) is 6.75. The maximum atomic E-state index is 12.3. The molecule has 24 heavy (non-hydrogen) atoms. The molecule has 0 saturated carbocycles. The maximum absolute atomic E-state index is 12.3. The monoisotopic (exact) mass is 387 g/mol. The van der Waals surface area contributed by atoms with Gasteiger partial charge in [-0.1, -0.05) is 25.1 Å². The van der Waals surface area contributed by atoms with E-state index < -0.39 is 0 Å². The van der Waals surface area contributed by atoms with Crippen LogP contribution in [-0.2, 0) is 26.1 Å². The van der Waals surface area contributed by atoms with Crippen molar-refractivity contribution in [3.8, 4) is 0 Å². The van der Waals surface area contributed by atoms with E-state index in [1.807, 2.05) is 6.92 Å². The van der Waals surface area contributed by atoms with Crippen LogP contribution in [-0.4, -0.2) is 10.9 Å². The number of thiazole rings is 1. The number of benzene rings is 1. The van der Waals surface area contributed by atoms with Crippen LogP contribution in [0.2, 0.25) is 0 Å². The van der Waals surface area contributed by atoms with Crippen molar-refractivity contribution in [1.82, 2.24) is 15.6 Å². The molecule has 0 radical (unpaired) electrons. The summed E-state index contributed by atoms with van der Waals surface area (Å²) in [5.41, 5.74) is 4.68. The minimum atomic E-state index is -0.0176. The summed E-state index contributed by atoms with van der Waals surface area (Å²) < 4.78 is 0. The molecule has 2 aromatic rings. The van der Waals surface area contributed by atoms with E-state index in [0.717, 1.165) is 47.1 Å². The van der Waals surface area contributed by atoms with Crippen LogP contribution in [0.1, 0.15) is 50.4 Å². The zero-order chi connectivity index (χ0) is 15.5. The number of hydrogen-bond donors (Lipinski definition) is 2. The third-order valence-corrected chi connectivity index (χ3v) is 5.08. The topological polar surface area (TPSA) is 54.0 Å². The zero-order valence-corrected chi connectivity index (χ0v) is 16.3. The molecular formula is C17H23Cl2N3OS. The molecule has 7 heteroatoms. The van der Waals surface area contributed by atoms with Crippen LogP contribution in [0, 0.1) is 6.92 Å². The molecular weight excluding hydrogens is 365 g/mol. The Balaban J connectivity index is 0.00000144. The lowest BCUT2D eigenvalue weighted by atomic mass is 10.1. The molecule has 1 aliphatic heterocycles. The lowest BCUT2D eigenvalue weighted by molar-refractivity contribution is 0.0954. The number of carbonyl (C=O) groups is 1. The van der Waals surface area contributed by atoms with Crippen LogP contribution in [0.25, 0.3) is 0 Å². The molecule has 132 valence electrons. The highest BCUT2D eigenvalue weighted by Gasteiger charge is 2.15. The second-order valence-electron chi connectivity index (χ2n) is 5.66. The summed E-state index contributed by atoms with van der Waals surface area (Å²) >= 11 is 1.51. The van der Waals surface area contributed by atoms with Crippen molar-refractivity contribution in [2.24, 2.45) is 0 Å². The van der Waals surface area contributed by atoms with Crippen LogP contribution in [0.4, 0.5) is 0 Å². The molecule has 0 saturated heterocycles. The molecule has 3 rings (SSSR count). The van der Waals surface area contributed by atoms with Crippen molar-refractivity contribution in [1.29, 1.82) is 0 Å². The number of aromatic nitrogens is 1. The van der Waals surface area contributed by atoms with E-state index in [-0.39, 0.29) is 30.7 Å². The van der Waals surface area contributed by atoms with E-state index >= 15 is 0 Å². The molecule has 0 bridgehead atoms. The van der Waals surface area contributed by atoms with Gasteiger partial charge in [-0.15, -0.1) is 36.2 Å². The van der Waals surface area contributed by atoms with Crippen molar-refractivity contribution < 1.29 is 4.79 Å². The summed E-state index contributed by atoms with van der Waals surface area (Å²) in [6.07, 6.45) is 1.99. The normalized spacial score (nSPS) is 12.1. The number of aryl methyl sites for hydroxylation is 2. The first-order valence-corrected chi connectivity index (χ1v) is 8.55. The fourth-order valence-corrected chi connectivity index (χ4v) is 3.79. The molecule has 0 fully saturated rings. The average Bonchev–Trinajstić information content (AvgIpc) is 3.11. The third kappa shape index (κ3) is 4.70. The first-order chi connectivity index (χ1) is 10.7. The second kappa shape index (κ2) is 9.37. The van der Waals surface area contributed by atoms with Crippen molar-refractivity contribution in [2.45, 2.75) is 46.3 Å². The molecule has 1 aromatic heterocycles. The molecule has 0 spiro atoms. The SMILES string of the molecule is CCCc1nc(C)c(C(=O)NCc2ccc3c(c2)CNC3)s1.Cl.Cl. The van der Waals surface area contributed by atoms with Gasteiger partial charge in [0.15, 0.2) is 0 Å². The van der Waals surface area contributed by atoms with E-state index in [1.165, 1.54) is 22.5 Å². The summed E-state index contributed by atoms with van der Waals surface area (Å²) in [6, 6.07) is 6.42. The van der Waals surface area contributed by atoms with Gasteiger partial charge in [-0.2, -0.15) is 0 Å². The molecule has 4 nitrogen and oxygen atoms in total. The largest absolute Gasteiger partial charge is 0.347 e. The molecule has 0 aliphatic carbocycles. The van der Waals surface area contributed by atoms with Gasteiger partial charge in [-0.3, -0.25) is 4.79 Å². The molecule has 1 aliphatic rings. The van der Waals surface area contributed by atoms with Gasteiger partial charge in [-0.05, 0) is 36.5 Å². The number of fused-ring (bicyclic) bond motifs is 1. The predicted octanol–water partition coefficient (Wildman–Crippen LogP) is 3.78. The average molecular weight is 388 g/mol. The lowest BCUT2D eigenvalue weighted by Gasteiger charge is -2.06. The number of hydrogen-bond acceptors (Lipinski definition) is 4. The van der Waals surface area contributed by atoms with Crippen LogP contribution in [0.5, 0.6) is 0 Å². The third-order valence-electron chi connectivity index (χ3n) is 3.87. The van der Waals surface area contributed by atoms with Crippen LogP contribution >= 0.6 is 36.2 Å². The van der Waals surface area contributed by atoms with Crippen molar-refractivity contribution >= 4 is 42.1 Å². The zero-order valence-electron chi connectivity index (χ0n) is 13.8. The van der Waals surface area contributed by atoms with Gasteiger partial charge in [0.1, 0.15) is 4.88 Å². The van der Waals surface area contributed by atoms with Gasteiger partial charge >= 0.3 is 0 Å². The van der Waals surface area contributed by atoms with Crippen LogP contribution < -0.4 is 10.6 Å². The van der Waals surface area contributed by atoms with Crippen LogP contribution in [0.3, 0.4) is 0 Å². The van der Waals surface area contributed by atoms with Crippen molar-refractivity contribution in [3.63, 3.8) is 0 Å². The quantitative estimate of drug-likeness (QED) is 0.820. The number of amides is 1. The Bertz CT molecular complexity index is 703. The molecule has 1 aromatic carbocycles. The van der Waals surface area contributed by atoms with Gasteiger partial charge in [0.05, 0.1) is 10.7 Å². The van der Waals surface area contributed by atoms with Crippen molar-refractivity contribution in [3.05, 3.63) is 50.5 Å². The summed E-state index contributed by atoms with van der Waals surface area (Å²) in [5.74, 6) is -0.0176. The highest BCUT2D eigenvalue weighted by molar-refractivity contribution is 7.13. The fraction of sp³-hybridized carbons (Fsp3) is 0.412. The Kier molecular flexibility index (Phi) is 8.16. The smallest absolute Gasteiger partial charge is 0.263 e. The minimum absolute atomic E-state index is 0. The first kappa shape index (κ1) is 20.9. The number of nitrogens with one attached hydrogen (secondary N) is 2. The van der Waals surface area contributed by atoms with Gasteiger partial charge in [0.25, 0.3) is 5.91 Å². The lowest BCUT2D eigenvalue weighted by Crippen LogP contribution is -2.22. The van der Waals surface area contributed by atoms with E-state index in [2.05, 4.69) is 40.7 Å². The van der Waals surface area contributed by atoms with Gasteiger partial charge in [0, 0.05) is 19.6 Å². The molecule has 0 unspecified atom stereocenters. The number of halogens is 2.